The summed E-state index contributed by atoms with van der Waals surface area (Å²) in [7, 11) is 1.76. The van der Waals surface area contributed by atoms with E-state index in [-0.39, 0.29) is 11.9 Å². The lowest BCUT2D eigenvalue weighted by molar-refractivity contribution is -0.117. The van der Waals surface area contributed by atoms with Crippen LogP contribution in [-0.4, -0.2) is 30.4 Å². The van der Waals surface area contributed by atoms with E-state index in [4.69, 9.17) is 0 Å². The molecule has 6 heteroatoms. The van der Waals surface area contributed by atoms with Crippen molar-refractivity contribution in [3.05, 3.63) is 58.6 Å². The van der Waals surface area contributed by atoms with Crippen LogP contribution < -0.4 is 10.2 Å². The number of urea groups is 1. The molecule has 3 amide bonds. The summed E-state index contributed by atoms with van der Waals surface area (Å²) < 4.78 is 0.981. The molecule has 0 bridgehead atoms. The Morgan fingerprint density at radius 2 is 1.92 bits per heavy atom. The topological polar surface area (TPSA) is 52.7 Å². The summed E-state index contributed by atoms with van der Waals surface area (Å²) in [5.41, 5.74) is 2.63. The van der Waals surface area contributed by atoms with E-state index >= 15 is 0 Å². The minimum Gasteiger partial charge on any atom is -0.323 e. The summed E-state index contributed by atoms with van der Waals surface area (Å²) in [6.45, 7) is 1.27. The minimum absolute atomic E-state index is 0.157. The summed E-state index contributed by atoms with van der Waals surface area (Å²) in [6.07, 6.45) is 1.51. The fraction of sp³-hybridized carbons (Fsp3) is 0.263. The first kappa shape index (κ1) is 17.5. The molecule has 130 valence electrons. The Kier molecular flexibility index (Phi) is 5.38. The maximum atomic E-state index is 12.4. The second-order valence-corrected chi connectivity index (χ2v) is 6.93. The van der Waals surface area contributed by atoms with Crippen LogP contribution in [0.3, 0.4) is 0 Å². The SMILES string of the molecule is CN(Cc1ccccc1Br)C(=O)Nc1ccc(N2CCCC2=O)cc1. The number of carbonyl (C=O) groups excluding carboxylic acids is 2. The third kappa shape index (κ3) is 4.20. The lowest BCUT2D eigenvalue weighted by Gasteiger charge is -2.20. The van der Waals surface area contributed by atoms with Gasteiger partial charge in [0.1, 0.15) is 0 Å². The molecule has 1 aliphatic rings. The number of benzene rings is 2. The highest BCUT2D eigenvalue weighted by atomic mass is 79.9. The lowest BCUT2D eigenvalue weighted by Crippen LogP contribution is -2.31. The van der Waals surface area contributed by atoms with Crippen molar-refractivity contribution in [3.8, 4) is 0 Å². The van der Waals surface area contributed by atoms with E-state index in [1.54, 1.807) is 16.8 Å². The predicted octanol–water partition coefficient (Wildman–Crippen LogP) is 4.24. The summed E-state index contributed by atoms with van der Waals surface area (Å²) >= 11 is 3.50. The minimum atomic E-state index is -0.180. The van der Waals surface area contributed by atoms with Gasteiger partial charge in [-0.05, 0) is 42.3 Å². The molecule has 1 aliphatic heterocycles. The quantitative estimate of drug-likeness (QED) is 0.832. The van der Waals surface area contributed by atoms with Gasteiger partial charge in [0.2, 0.25) is 5.91 Å². The van der Waals surface area contributed by atoms with Gasteiger partial charge in [-0.25, -0.2) is 4.79 Å². The van der Waals surface area contributed by atoms with E-state index in [1.807, 2.05) is 48.5 Å². The first-order valence-corrected chi connectivity index (χ1v) is 9.00. The van der Waals surface area contributed by atoms with Crippen molar-refractivity contribution in [2.45, 2.75) is 19.4 Å². The Morgan fingerprint density at radius 1 is 1.20 bits per heavy atom. The van der Waals surface area contributed by atoms with Crippen molar-refractivity contribution < 1.29 is 9.59 Å². The van der Waals surface area contributed by atoms with Crippen molar-refractivity contribution >= 4 is 39.2 Å². The van der Waals surface area contributed by atoms with Crippen LogP contribution in [0.2, 0.25) is 0 Å². The summed E-state index contributed by atoms with van der Waals surface area (Å²) in [5.74, 6) is 0.157. The molecule has 2 aromatic rings. The number of carbonyl (C=O) groups is 2. The van der Waals surface area contributed by atoms with Gasteiger partial charge in [-0.1, -0.05) is 34.1 Å². The number of hydrogen-bond donors (Lipinski definition) is 1. The number of hydrogen-bond acceptors (Lipinski definition) is 2. The van der Waals surface area contributed by atoms with Crippen LogP contribution >= 0.6 is 15.9 Å². The zero-order valence-corrected chi connectivity index (χ0v) is 15.6. The highest BCUT2D eigenvalue weighted by molar-refractivity contribution is 9.10. The third-order valence-corrected chi connectivity index (χ3v) is 4.99. The number of rotatable bonds is 4. The number of anilines is 2. The van der Waals surface area contributed by atoms with Crippen molar-refractivity contribution in [2.75, 3.05) is 23.8 Å². The average Bonchev–Trinajstić information content (AvgIpc) is 3.03. The molecule has 5 nitrogen and oxygen atoms in total. The molecule has 2 aromatic carbocycles. The molecule has 1 fully saturated rings. The largest absolute Gasteiger partial charge is 0.323 e. The first-order valence-electron chi connectivity index (χ1n) is 8.20. The zero-order valence-electron chi connectivity index (χ0n) is 14.0. The van der Waals surface area contributed by atoms with Crippen molar-refractivity contribution in [1.82, 2.24) is 4.90 Å². The monoisotopic (exact) mass is 401 g/mol. The molecule has 0 saturated carbocycles. The van der Waals surface area contributed by atoms with Gasteiger partial charge in [0, 0.05) is 42.4 Å². The van der Waals surface area contributed by atoms with Crippen molar-refractivity contribution in [2.24, 2.45) is 0 Å². The highest BCUT2D eigenvalue weighted by Gasteiger charge is 2.21. The van der Waals surface area contributed by atoms with E-state index in [0.29, 0.717) is 18.7 Å². The van der Waals surface area contributed by atoms with E-state index in [2.05, 4.69) is 21.2 Å². The van der Waals surface area contributed by atoms with Crippen LogP contribution in [0.25, 0.3) is 0 Å². The molecule has 1 saturated heterocycles. The standard InChI is InChI=1S/C19H20BrN3O2/c1-22(13-14-5-2-3-6-17(14)20)19(25)21-15-8-10-16(11-9-15)23-12-4-7-18(23)24/h2-3,5-6,8-11H,4,7,12-13H2,1H3,(H,21,25). The lowest BCUT2D eigenvalue weighted by atomic mass is 10.2. The van der Waals surface area contributed by atoms with E-state index in [9.17, 15) is 9.59 Å². The van der Waals surface area contributed by atoms with Crippen LogP contribution in [0.5, 0.6) is 0 Å². The van der Waals surface area contributed by atoms with E-state index in [1.165, 1.54) is 0 Å². The number of nitrogens with zero attached hydrogens (tertiary/aromatic N) is 2. The third-order valence-electron chi connectivity index (χ3n) is 4.22. The Hall–Kier alpha value is -2.34. The van der Waals surface area contributed by atoms with E-state index < -0.39 is 0 Å². The molecule has 1 N–H and O–H groups in total. The molecule has 3 rings (SSSR count). The maximum Gasteiger partial charge on any atom is 0.321 e. The second-order valence-electron chi connectivity index (χ2n) is 6.07. The molecule has 0 spiro atoms. The fourth-order valence-electron chi connectivity index (χ4n) is 2.82. The van der Waals surface area contributed by atoms with Crippen LogP contribution in [0, 0.1) is 0 Å². The molecule has 0 atom stereocenters. The first-order chi connectivity index (χ1) is 12.0. The molecule has 0 aliphatic carbocycles. The van der Waals surface area contributed by atoms with Gasteiger partial charge in [0.25, 0.3) is 0 Å². The molecule has 0 aromatic heterocycles. The summed E-state index contributed by atoms with van der Waals surface area (Å²) in [6, 6.07) is 15.0. The molecule has 0 unspecified atom stereocenters. The van der Waals surface area contributed by atoms with Gasteiger partial charge in [-0.2, -0.15) is 0 Å². The highest BCUT2D eigenvalue weighted by Crippen LogP contribution is 2.23. The van der Waals surface area contributed by atoms with E-state index in [0.717, 1.165) is 28.7 Å². The molecular weight excluding hydrogens is 382 g/mol. The molecule has 0 radical (unpaired) electrons. The smallest absolute Gasteiger partial charge is 0.321 e. The van der Waals surface area contributed by atoms with Gasteiger partial charge in [-0.15, -0.1) is 0 Å². The molecule has 1 heterocycles. The number of nitrogens with one attached hydrogen (secondary N) is 1. The summed E-state index contributed by atoms with van der Waals surface area (Å²) in [5, 5.41) is 2.88. The van der Waals surface area contributed by atoms with Crippen molar-refractivity contribution in [1.29, 1.82) is 0 Å². The summed E-state index contributed by atoms with van der Waals surface area (Å²) in [4.78, 5) is 27.5. The predicted molar refractivity (Wildman–Crippen MR) is 103 cm³/mol. The Balaban J connectivity index is 1.60. The van der Waals surface area contributed by atoms with Crippen LogP contribution in [0.15, 0.2) is 53.0 Å². The van der Waals surface area contributed by atoms with Gasteiger partial charge < -0.3 is 15.1 Å². The second kappa shape index (κ2) is 7.70. The van der Waals surface area contributed by atoms with Crippen molar-refractivity contribution in [3.63, 3.8) is 0 Å². The molecule has 25 heavy (non-hydrogen) atoms. The van der Waals surface area contributed by atoms with Gasteiger partial charge in [0.15, 0.2) is 0 Å². The number of halogens is 1. The Labute approximate surface area is 155 Å². The Bertz CT molecular complexity index is 776. The van der Waals surface area contributed by atoms with Crippen LogP contribution in [0.1, 0.15) is 18.4 Å². The maximum absolute atomic E-state index is 12.4. The van der Waals surface area contributed by atoms with Gasteiger partial charge in [0.05, 0.1) is 0 Å². The van der Waals surface area contributed by atoms with Crippen LogP contribution in [0.4, 0.5) is 16.2 Å². The molecular formula is C19H20BrN3O2. The Morgan fingerprint density at radius 3 is 2.56 bits per heavy atom. The van der Waals surface area contributed by atoms with Crippen LogP contribution in [-0.2, 0) is 11.3 Å². The average molecular weight is 402 g/mol. The van der Waals surface area contributed by atoms with Gasteiger partial charge in [-0.3, -0.25) is 4.79 Å². The fourth-order valence-corrected chi connectivity index (χ4v) is 3.23. The van der Waals surface area contributed by atoms with Gasteiger partial charge >= 0.3 is 6.03 Å². The number of amides is 3. The normalized spacial score (nSPS) is 13.8. The zero-order chi connectivity index (χ0) is 17.8.